The lowest BCUT2D eigenvalue weighted by molar-refractivity contribution is 0.0467. The lowest BCUT2D eigenvalue weighted by Crippen LogP contribution is -2.36. The molecule has 1 amide bonds. The summed E-state index contributed by atoms with van der Waals surface area (Å²) in [4.78, 5) is 17.4. The van der Waals surface area contributed by atoms with Crippen molar-refractivity contribution in [1.82, 2.24) is 25.7 Å². The fourth-order valence-corrected chi connectivity index (χ4v) is 3.21. The van der Waals surface area contributed by atoms with Crippen LogP contribution in [-0.2, 0) is 11.2 Å². The van der Waals surface area contributed by atoms with Crippen LogP contribution in [0.5, 0.6) is 0 Å². The molecule has 0 bridgehead atoms. The minimum absolute atomic E-state index is 0.164. The van der Waals surface area contributed by atoms with Crippen LogP contribution in [0.15, 0.2) is 10.7 Å². The van der Waals surface area contributed by atoms with Crippen molar-refractivity contribution < 1.29 is 14.1 Å². The van der Waals surface area contributed by atoms with Crippen LogP contribution in [0.3, 0.4) is 0 Å². The van der Waals surface area contributed by atoms with Crippen LogP contribution in [-0.4, -0.2) is 39.5 Å². The zero-order chi connectivity index (χ0) is 18.5. The van der Waals surface area contributed by atoms with Gasteiger partial charge in [-0.05, 0) is 25.2 Å². The predicted octanol–water partition coefficient (Wildman–Crippen LogP) is 2.77. The molecule has 1 fully saturated rings. The van der Waals surface area contributed by atoms with Crippen LogP contribution < -0.4 is 5.32 Å². The van der Waals surface area contributed by atoms with Gasteiger partial charge in [0.05, 0.1) is 11.8 Å². The number of aromatic nitrogens is 4. The van der Waals surface area contributed by atoms with Crippen LogP contribution in [0.4, 0.5) is 0 Å². The van der Waals surface area contributed by atoms with Crippen molar-refractivity contribution in [2.24, 2.45) is 5.92 Å². The van der Waals surface area contributed by atoms with Crippen LogP contribution >= 0.6 is 0 Å². The third-order valence-corrected chi connectivity index (χ3v) is 4.73. The minimum Gasteiger partial charge on any atom is -0.381 e. The number of carbonyl (C=O) groups excluding carboxylic acids is 1. The summed E-state index contributed by atoms with van der Waals surface area (Å²) in [5.41, 5.74) is 1.43. The summed E-state index contributed by atoms with van der Waals surface area (Å²) < 4.78 is 11.0. The van der Waals surface area contributed by atoms with Crippen molar-refractivity contribution in [1.29, 1.82) is 0 Å². The average molecular weight is 361 g/mol. The number of nitrogens with one attached hydrogen (secondary N) is 2. The second-order valence-corrected chi connectivity index (χ2v) is 7.06. The normalized spacial score (nSPS) is 16.8. The van der Waals surface area contributed by atoms with Crippen LogP contribution in [0, 0.1) is 5.92 Å². The Morgan fingerprint density at radius 3 is 2.81 bits per heavy atom. The van der Waals surface area contributed by atoms with Gasteiger partial charge in [0.1, 0.15) is 6.04 Å². The molecule has 26 heavy (non-hydrogen) atoms. The summed E-state index contributed by atoms with van der Waals surface area (Å²) in [6, 6.07) is -0.323. The Bertz CT molecular complexity index is 718. The third kappa shape index (κ3) is 4.12. The zero-order valence-electron chi connectivity index (χ0n) is 15.6. The summed E-state index contributed by atoms with van der Waals surface area (Å²) in [5, 5.41) is 14.1. The SMILES string of the molecule is CCCc1[nH]ncc1C(=O)N[C@H](c1nc(C(C)C)no1)C1CCOCC1. The van der Waals surface area contributed by atoms with E-state index in [1.807, 2.05) is 13.8 Å². The Hall–Kier alpha value is -2.22. The Kier molecular flexibility index (Phi) is 6.03. The second kappa shape index (κ2) is 8.44. The number of H-pyrrole nitrogens is 1. The molecular formula is C18H27N5O3. The fraction of sp³-hybridized carbons (Fsp3) is 0.667. The molecule has 8 heteroatoms. The number of hydrogen-bond donors (Lipinski definition) is 2. The first-order valence-corrected chi connectivity index (χ1v) is 9.34. The highest BCUT2D eigenvalue weighted by atomic mass is 16.5. The summed E-state index contributed by atoms with van der Waals surface area (Å²) >= 11 is 0. The lowest BCUT2D eigenvalue weighted by atomic mass is 9.91. The molecule has 1 aliphatic heterocycles. The standard InChI is InChI=1S/C18H27N5O3/c1-4-5-14-13(10-19-22-14)17(24)20-15(12-6-8-25-9-7-12)18-21-16(11(2)3)23-26-18/h10-12,15H,4-9H2,1-3H3,(H,19,22)(H,20,24)/t15-/m0/s1. The molecule has 1 aliphatic rings. The number of ether oxygens (including phenoxy) is 1. The maximum absolute atomic E-state index is 12.9. The van der Waals surface area contributed by atoms with E-state index in [-0.39, 0.29) is 23.8 Å². The third-order valence-electron chi connectivity index (χ3n) is 4.73. The van der Waals surface area contributed by atoms with E-state index in [1.54, 1.807) is 6.20 Å². The molecule has 3 heterocycles. The van der Waals surface area contributed by atoms with E-state index >= 15 is 0 Å². The molecule has 0 aromatic carbocycles. The molecule has 0 spiro atoms. The van der Waals surface area contributed by atoms with E-state index in [0.717, 1.165) is 31.4 Å². The first-order valence-electron chi connectivity index (χ1n) is 9.34. The molecule has 8 nitrogen and oxygen atoms in total. The van der Waals surface area contributed by atoms with Gasteiger partial charge >= 0.3 is 0 Å². The maximum atomic E-state index is 12.9. The molecule has 0 radical (unpaired) electrons. The van der Waals surface area contributed by atoms with Gasteiger partial charge in [0.25, 0.3) is 5.91 Å². The van der Waals surface area contributed by atoms with E-state index in [9.17, 15) is 4.79 Å². The van der Waals surface area contributed by atoms with Gasteiger partial charge in [-0.25, -0.2) is 0 Å². The van der Waals surface area contributed by atoms with Gasteiger partial charge < -0.3 is 14.6 Å². The van der Waals surface area contributed by atoms with E-state index in [4.69, 9.17) is 9.26 Å². The molecule has 2 N–H and O–H groups in total. The molecule has 142 valence electrons. The van der Waals surface area contributed by atoms with Crippen LogP contribution in [0.1, 0.15) is 79.8 Å². The van der Waals surface area contributed by atoms with E-state index < -0.39 is 0 Å². The molecule has 2 aromatic rings. The van der Waals surface area contributed by atoms with Gasteiger partial charge in [-0.15, -0.1) is 0 Å². The quantitative estimate of drug-likeness (QED) is 0.785. The monoisotopic (exact) mass is 361 g/mol. The molecule has 1 saturated heterocycles. The van der Waals surface area contributed by atoms with Gasteiger partial charge in [0.15, 0.2) is 5.82 Å². The number of rotatable bonds is 7. The lowest BCUT2D eigenvalue weighted by Gasteiger charge is -2.28. The molecular weight excluding hydrogens is 334 g/mol. The second-order valence-electron chi connectivity index (χ2n) is 7.06. The van der Waals surface area contributed by atoms with Crippen molar-refractivity contribution in [2.75, 3.05) is 13.2 Å². The highest BCUT2D eigenvalue weighted by molar-refractivity contribution is 5.95. The average Bonchev–Trinajstić information content (AvgIpc) is 3.30. The number of carbonyl (C=O) groups is 1. The molecule has 2 aromatic heterocycles. The summed E-state index contributed by atoms with van der Waals surface area (Å²) in [6.45, 7) is 7.45. The summed E-state index contributed by atoms with van der Waals surface area (Å²) in [5.74, 6) is 1.33. The van der Waals surface area contributed by atoms with E-state index in [1.165, 1.54) is 0 Å². The maximum Gasteiger partial charge on any atom is 0.255 e. The van der Waals surface area contributed by atoms with Crippen LogP contribution in [0.2, 0.25) is 0 Å². The smallest absolute Gasteiger partial charge is 0.255 e. The Balaban J connectivity index is 1.82. The molecule has 0 saturated carbocycles. The van der Waals surface area contributed by atoms with Crippen molar-refractivity contribution in [3.8, 4) is 0 Å². The fourth-order valence-electron chi connectivity index (χ4n) is 3.21. The van der Waals surface area contributed by atoms with Crippen LogP contribution in [0.25, 0.3) is 0 Å². The van der Waals surface area contributed by atoms with Gasteiger partial charge in [0, 0.05) is 24.8 Å². The molecule has 0 aliphatic carbocycles. The predicted molar refractivity (Wildman–Crippen MR) is 94.7 cm³/mol. The number of nitrogens with zero attached hydrogens (tertiary/aromatic N) is 3. The van der Waals surface area contributed by atoms with Gasteiger partial charge in [-0.2, -0.15) is 10.1 Å². The largest absolute Gasteiger partial charge is 0.381 e. The number of aryl methyl sites for hydroxylation is 1. The highest BCUT2D eigenvalue weighted by Gasteiger charge is 2.32. The Morgan fingerprint density at radius 2 is 2.15 bits per heavy atom. The molecule has 0 unspecified atom stereocenters. The van der Waals surface area contributed by atoms with Crippen molar-refractivity contribution >= 4 is 5.91 Å². The molecule has 1 atom stereocenters. The van der Waals surface area contributed by atoms with Gasteiger partial charge in [-0.3, -0.25) is 9.89 Å². The topological polar surface area (TPSA) is 106 Å². The zero-order valence-corrected chi connectivity index (χ0v) is 15.6. The highest BCUT2D eigenvalue weighted by Crippen LogP contribution is 2.30. The van der Waals surface area contributed by atoms with Gasteiger partial charge in [-0.1, -0.05) is 32.3 Å². The van der Waals surface area contributed by atoms with Crippen molar-refractivity contribution in [2.45, 2.75) is 58.4 Å². The number of amides is 1. The summed E-state index contributed by atoms with van der Waals surface area (Å²) in [7, 11) is 0. The van der Waals surface area contributed by atoms with Crippen molar-refractivity contribution in [3.05, 3.63) is 29.2 Å². The Morgan fingerprint density at radius 1 is 1.38 bits per heavy atom. The van der Waals surface area contributed by atoms with E-state index in [2.05, 4.69) is 32.6 Å². The van der Waals surface area contributed by atoms with E-state index in [0.29, 0.717) is 30.5 Å². The first kappa shape index (κ1) is 18.6. The van der Waals surface area contributed by atoms with Crippen molar-refractivity contribution in [3.63, 3.8) is 0 Å². The number of hydrogen-bond acceptors (Lipinski definition) is 6. The first-order chi connectivity index (χ1) is 12.6. The number of aromatic amines is 1. The minimum atomic E-state index is -0.323. The molecule has 3 rings (SSSR count). The Labute approximate surface area is 153 Å². The van der Waals surface area contributed by atoms with Gasteiger partial charge in [0.2, 0.25) is 5.89 Å². The summed E-state index contributed by atoms with van der Waals surface area (Å²) in [6.07, 6.45) is 4.99.